The second kappa shape index (κ2) is 5.18. The first kappa shape index (κ1) is 12.6. The lowest BCUT2D eigenvalue weighted by Gasteiger charge is -2.06. The molecule has 0 aliphatic heterocycles. The van der Waals surface area contributed by atoms with E-state index in [0.717, 1.165) is 0 Å². The van der Waals surface area contributed by atoms with Gasteiger partial charge in [0.1, 0.15) is 12.4 Å². The van der Waals surface area contributed by atoms with Crippen LogP contribution in [0, 0.1) is 5.82 Å². The van der Waals surface area contributed by atoms with Crippen molar-refractivity contribution in [3.05, 3.63) is 52.6 Å². The van der Waals surface area contributed by atoms with Crippen LogP contribution < -0.4 is 0 Å². The Morgan fingerprint density at radius 1 is 1.50 bits per heavy atom. The summed E-state index contributed by atoms with van der Waals surface area (Å²) in [5, 5.41) is 4.11. The van der Waals surface area contributed by atoms with Crippen molar-refractivity contribution in [2.45, 2.75) is 6.61 Å². The van der Waals surface area contributed by atoms with E-state index in [2.05, 4.69) is 5.10 Å². The first-order valence-electron chi connectivity index (χ1n) is 5.17. The van der Waals surface area contributed by atoms with Crippen LogP contribution in [0.15, 0.2) is 30.5 Å². The summed E-state index contributed by atoms with van der Waals surface area (Å²) in [7, 11) is 1.69. The van der Waals surface area contributed by atoms with Crippen LogP contribution in [0.5, 0.6) is 0 Å². The predicted octanol–water partition coefficient (Wildman–Crippen LogP) is 2.57. The number of halogens is 2. The average molecular weight is 269 g/mol. The molecule has 1 aromatic heterocycles. The van der Waals surface area contributed by atoms with Gasteiger partial charge in [0, 0.05) is 18.8 Å². The lowest BCUT2D eigenvalue weighted by molar-refractivity contribution is 0.0461. The maximum atomic E-state index is 13.4. The molecule has 2 aromatic rings. The summed E-state index contributed by atoms with van der Waals surface area (Å²) in [6, 6.07) is 5.80. The molecule has 2 rings (SSSR count). The molecule has 0 saturated carbocycles. The van der Waals surface area contributed by atoms with Crippen LogP contribution in [-0.2, 0) is 18.4 Å². The van der Waals surface area contributed by atoms with Crippen LogP contribution in [0.3, 0.4) is 0 Å². The van der Waals surface area contributed by atoms with Crippen LogP contribution in [0.1, 0.15) is 16.1 Å². The molecule has 0 radical (unpaired) electrons. The Morgan fingerprint density at radius 3 is 2.89 bits per heavy atom. The largest absolute Gasteiger partial charge is 0.456 e. The second-order valence-electron chi connectivity index (χ2n) is 3.65. The van der Waals surface area contributed by atoms with Gasteiger partial charge in [0.15, 0.2) is 5.69 Å². The number of hydrogen-bond acceptors (Lipinski definition) is 3. The number of aromatic nitrogens is 2. The Labute approximate surface area is 108 Å². The van der Waals surface area contributed by atoms with E-state index in [4.69, 9.17) is 16.3 Å². The summed E-state index contributed by atoms with van der Waals surface area (Å²) in [6.07, 6.45) is 1.62. The molecule has 6 heteroatoms. The highest BCUT2D eigenvalue weighted by atomic mass is 35.5. The minimum atomic E-state index is -0.616. The first-order valence-corrected chi connectivity index (χ1v) is 5.55. The number of esters is 1. The lowest BCUT2D eigenvalue weighted by atomic mass is 10.2. The number of aryl methyl sites for hydroxylation is 1. The minimum absolute atomic E-state index is 0.156. The highest BCUT2D eigenvalue weighted by molar-refractivity contribution is 6.31. The van der Waals surface area contributed by atoms with Crippen molar-refractivity contribution in [3.63, 3.8) is 0 Å². The molecule has 18 heavy (non-hydrogen) atoms. The Kier molecular flexibility index (Phi) is 3.62. The molecule has 4 nitrogen and oxygen atoms in total. The monoisotopic (exact) mass is 268 g/mol. The fourth-order valence-electron chi connectivity index (χ4n) is 1.41. The first-order chi connectivity index (χ1) is 8.58. The van der Waals surface area contributed by atoms with Crippen molar-refractivity contribution in [1.82, 2.24) is 9.78 Å². The fraction of sp³-hybridized carbons (Fsp3) is 0.167. The number of benzene rings is 1. The third kappa shape index (κ3) is 2.68. The van der Waals surface area contributed by atoms with Crippen LogP contribution in [0.2, 0.25) is 5.02 Å². The number of ether oxygens (including phenoxy) is 1. The molecular weight excluding hydrogens is 259 g/mol. The van der Waals surface area contributed by atoms with Crippen molar-refractivity contribution in [3.8, 4) is 0 Å². The number of carbonyl (C=O) groups is 1. The summed E-state index contributed by atoms with van der Waals surface area (Å²) in [5.74, 6) is -1.12. The lowest BCUT2D eigenvalue weighted by Crippen LogP contribution is -2.08. The summed E-state index contributed by atoms with van der Waals surface area (Å²) in [6.45, 7) is -0.221. The van der Waals surface area contributed by atoms with Gasteiger partial charge in [0.25, 0.3) is 0 Å². The highest BCUT2D eigenvalue weighted by Gasteiger charge is 2.13. The van der Waals surface area contributed by atoms with Crippen molar-refractivity contribution >= 4 is 17.6 Å². The fourth-order valence-corrected chi connectivity index (χ4v) is 1.62. The van der Waals surface area contributed by atoms with Gasteiger partial charge in [0.2, 0.25) is 0 Å². The molecule has 1 aromatic carbocycles. The maximum Gasteiger partial charge on any atom is 0.359 e. The molecule has 0 N–H and O–H groups in total. The minimum Gasteiger partial charge on any atom is -0.456 e. The molecule has 0 aliphatic carbocycles. The topological polar surface area (TPSA) is 44.1 Å². The van der Waals surface area contributed by atoms with Crippen molar-refractivity contribution < 1.29 is 13.9 Å². The van der Waals surface area contributed by atoms with Crippen molar-refractivity contribution in [1.29, 1.82) is 0 Å². The molecule has 0 atom stereocenters. The van der Waals surface area contributed by atoms with Crippen molar-refractivity contribution in [2.24, 2.45) is 7.05 Å². The summed E-state index contributed by atoms with van der Waals surface area (Å²) >= 11 is 5.81. The zero-order valence-electron chi connectivity index (χ0n) is 9.56. The quantitative estimate of drug-likeness (QED) is 0.804. The van der Waals surface area contributed by atoms with Gasteiger partial charge in [-0.3, -0.25) is 4.68 Å². The number of rotatable bonds is 3. The van der Waals surface area contributed by atoms with Crippen LogP contribution in [-0.4, -0.2) is 15.7 Å². The van der Waals surface area contributed by atoms with Crippen LogP contribution in [0.25, 0.3) is 0 Å². The van der Waals surface area contributed by atoms with Crippen LogP contribution in [0.4, 0.5) is 4.39 Å². The molecular formula is C12H10ClFN2O2. The van der Waals surface area contributed by atoms with E-state index in [1.165, 1.54) is 28.9 Å². The molecule has 94 valence electrons. The van der Waals surface area contributed by atoms with Gasteiger partial charge in [-0.2, -0.15) is 5.10 Å². The van der Waals surface area contributed by atoms with Gasteiger partial charge in [-0.15, -0.1) is 0 Å². The average Bonchev–Trinajstić information content (AvgIpc) is 2.75. The Morgan fingerprint density at radius 2 is 2.28 bits per heavy atom. The third-order valence-electron chi connectivity index (χ3n) is 2.33. The zero-order chi connectivity index (χ0) is 13.1. The van der Waals surface area contributed by atoms with Gasteiger partial charge in [-0.05, 0) is 18.2 Å². The van der Waals surface area contributed by atoms with Gasteiger partial charge in [-0.1, -0.05) is 17.7 Å². The van der Waals surface area contributed by atoms with E-state index in [1.54, 1.807) is 13.2 Å². The molecule has 0 amide bonds. The molecule has 0 aliphatic rings. The van der Waals surface area contributed by atoms with Gasteiger partial charge < -0.3 is 4.74 Å². The third-order valence-corrected chi connectivity index (χ3v) is 2.69. The molecule has 0 bridgehead atoms. The number of carbonyl (C=O) groups excluding carboxylic acids is 1. The Bertz CT molecular complexity index is 563. The summed E-state index contributed by atoms with van der Waals surface area (Å²) in [5.41, 5.74) is 0.327. The Balaban J connectivity index is 2.06. The summed E-state index contributed by atoms with van der Waals surface area (Å²) < 4.78 is 19.8. The second-order valence-corrected chi connectivity index (χ2v) is 4.06. The van der Waals surface area contributed by atoms with Crippen molar-refractivity contribution in [2.75, 3.05) is 0 Å². The predicted molar refractivity (Wildman–Crippen MR) is 63.7 cm³/mol. The standard InChI is InChI=1S/C12H10ClFN2O2/c1-16-6-5-11(15-16)12(17)18-7-8-9(13)3-2-4-10(8)14/h2-6H,7H2,1H3. The van der Waals surface area contributed by atoms with E-state index in [0.29, 0.717) is 0 Å². The molecule has 0 fully saturated rings. The van der Waals surface area contributed by atoms with E-state index in [9.17, 15) is 9.18 Å². The maximum absolute atomic E-state index is 13.4. The van der Waals surface area contributed by atoms with Crippen LogP contribution >= 0.6 is 11.6 Å². The molecule has 0 saturated heterocycles. The molecule has 0 unspecified atom stereocenters. The number of hydrogen-bond donors (Lipinski definition) is 0. The van der Waals surface area contributed by atoms with E-state index >= 15 is 0 Å². The Hall–Kier alpha value is -1.88. The smallest absolute Gasteiger partial charge is 0.359 e. The van der Waals surface area contributed by atoms with E-state index in [-0.39, 0.29) is 22.9 Å². The van der Waals surface area contributed by atoms with Gasteiger partial charge in [-0.25, -0.2) is 9.18 Å². The van der Waals surface area contributed by atoms with E-state index < -0.39 is 11.8 Å². The zero-order valence-corrected chi connectivity index (χ0v) is 10.3. The van der Waals surface area contributed by atoms with Gasteiger partial charge >= 0.3 is 5.97 Å². The normalized spacial score (nSPS) is 10.4. The highest BCUT2D eigenvalue weighted by Crippen LogP contribution is 2.20. The SMILES string of the molecule is Cn1ccc(C(=O)OCc2c(F)cccc2Cl)n1. The number of nitrogens with zero attached hydrogens (tertiary/aromatic N) is 2. The van der Waals surface area contributed by atoms with E-state index in [1.807, 2.05) is 0 Å². The summed E-state index contributed by atoms with van der Waals surface area (Å²) in [4.78, 5) is 11.6. The molecule has 1 heterocycles. The van der Waals surface area contributed by atoms with Gasteiger partial charge in [0.05, 0.1) is 5.02 Å². The molecule has 0 spiro atoms.